The number of rotatable bonds is 5. The van der Waals surface area contributed by atoms with Crippen molar-refractivity contribution >= 4 is 11.6 Å². The molecule has 0 aromatic carbocycles. The van der Waals surface area contributed by atoms with Crippen LogP contribution < -0.4 is 11.1 Å². The van der Waals surface area contributed by atoms with Gasteiger partial charge in [-0.05, 0) is 33.1 Å². The Balaban J connectivity index is 0.00000256. The molecule has 1 amide bonds. The number of aromatic nitrogens is 1. The third-order valence-electron chi connectivity index (χ3n) is 2.33. The fourth-order valence-electron chi connectivity index (χ4n) is 1.50. The molecule has 0 saturated carbocycles. The van der Waals surface area contributed by atoms with Crippen molar-refractivity contribution in [1.82, 2.24) is 14.8 Å². The van der Waals surface area contributed by atoms with E-state index in [1.54, 1.807) is 16.8 Å². The minimum Gasteiger partial charge on any atom is -0.397 e. The third-order valence-corrected chi connectivity index (χ3v) is 2.33. The molecule has 98 valence electrons. The second kappa shape index (κ2) is 6.96. The Kier molecular flexibility index (Phi) is 6.35. The van der Waals surface area contributed by atoms with E-state index in [0.29, 0.717) is 17.9 Å². The molecule has 1 heterocycles. The first-order chi connectivity index (χ1) is 7.50. The molecule has 0 saturated heterocycles. The molecule has 5 nitrogen and oxygen atoms in total. The van der Waals surface area contributed by atoms with Crippen molar-refractivity contribution < 1.29 is 4.79 Å². The first kappa shape index (κ1) is 15.5. The molecule has 0 fully saturated rings. The molecule has 0 aliphatic carbocycles. The van der Waals surface area contributed by atoms with Crippen LogP contribution in [0.3, 0.4) is 0 Å². The normalized spacial score (nSPS) is 10.1. The number of aryl methyl sites for hydroxylation is 1. The zero-order valence-corrected chi connectivity index (χ0v) is 10.2. The Morgan fingerprint density at radius 2 is 2.18 bits per heavy atom. The molecule has 17 heavy (non-hydrogen) atoms. The van der Waals surface area contributed by atoms with E-state index in [1.165, 1.54) is 0 Å². The van der Waals surface area contributed by atoms with E-state index >= 15 is 0 Å². The zero-order valence-electron chi connectivity index (χ0n) is 10.2. The van der Waals surface area contributed by atoms with E-state index in [9.17, 15) is 4.79 Å². The topological polar surface area (TPSA) is 63.3 Å². The molecule has 0 aliphatic heterocycles. The Bertz CT molecular complexity index is 357. The van der Waals surface area contributed by atoms with E-state index in [-0.39, 0.29) is 13.3 Å². The summed E-state index contributed by atoms with van der Waals surface area (Å²) in [6.45, 7) is 1.65. The molecule has 0 spiro atoms. The largest absolute Gasteiger partial charge is 0.397 e. The first-order valence-corrected chi connectivity index (χ1v) is 5.35. The van der Waals surface area contributed by atoms with Gasteiger partial charge < -0.3 is 20.5 Å². The number of anilines is 1. The summed E-state index contributed by atoms with van der Waals surface area (Å²) in [4.78, 5) is 13.8. The van der Waals surface area contributed by atoms with E-state index in [0.717, 1.165) is 13.0 Å². The molecule has 1 rings (SSSR count). The van der Waals surface area contributed by atoms with E-state index in [2.05, 4.69) is 10.2 Å². The fraction of sp³-hybridized carbons (Fsp3) is 0.583. The van der Waals surface area contributed by atoms with Crippen molar-refractivity contribution in [2.45, 2.75) is 13.8 Å². The molecular weight excluding hydrogens is 216 g/mol. The summed E-state index contributed by atoms with van der Waals surface area (Å²) in [6.07, 6.45) is 2.67. The molecule has 0 atom stereocenters. The highest BCUT2D eigenvalue weighted by Crippen LogP contribution is 2.08. The maximum Gasteiger partial charge on any atom is 0.267 e. The summed E-state index contributed by atoms with van der Waals surface area (Å²) in [5.41, 5.74) is 6.82. The standard InChI is InChI=1S/C11H20N4O.CH4/c1-14(2)6-4-5-13-11(16)10-7-9(12)8-15(10)3;/h7-8H,4-6,12H2,1-3H3,(H,13,16);1H4. The van der Waals surface area contributed by atoms with Crippen LogP contribution in [0.15, 0.2) is 12.3 Å². The quantitative estimate of drug-likeness (QED) is 0.752. The lowest BCUT2D eigenvalue weighted by molar-refractivity contribution is 0.0944. The van der Waals surface area contributed by atoms with E-state index in [4.69, 9.17) is 5.73 Å². The first-order valence-electron chi connectivity index (χ1n) is 5.35. The Morgan fingerprint density at radius 1 is 1.53 bits per heavy atom. The number of carbonyl (C=O) groups excluding carboxylic acids is 1. The highest BCUT2D eigenvalue weighted by atomic mass is 16.1. The highest BCUT2D eigenvalue weighted by Gasteiger charge is 2.09. The number of hydrogen-bond acceptors (Lipinski definition) is 3. The average Bonchev–Trinajstić information content (AvgIpc) is 2.52. The van der Waals surface area contributed by atoms with Crippen molar-refractivity contribution in [3.8, 4) is 0 Å². The second-order valence-corrected chi connectivity index (χ2v) is 4.18. The SMILES string of the molecule is C.CN(C)CCCNC(=O)c1cc(N)cn1C. The Labute approximate surface area is 104 Å². The van der Waals surface area contributed by atoms with Gasteiger partial charge in [0.1, 0.15) is 5.69 Å². The van der Waals surface area contributed by atoms with Crippen molar-refractivity contribution in [1.29, 1.82) is 0 Å². The summed E-state index contributed by atoms with van der Waals surface area (Å²) in [5, 5.41) is 2.87. The van der Waals surface area contributed by atoms with Gasteiger partial charge in [0.25, 0.3) is 5.91 Å². The predicted octanol–water partition coefficient (Wildman–Crippen LogP) is 0.925. The summed E-state index contributed by atoms with van der Waals surface area (Å²) in [6, 6.07) is 1.68. The van der Waals surface area contributed by atoms with Crippen LogP contribution in [0.25, 0.3) is 0 Å². The van der Waals surface area contributed by atoms with Crippen LogP contribution in [0.5, 0.6) is 0 Å². The number of nitrogens with zero attached hydrogens (tertiary/aromatic N) is 2. The van der Waals surface area contributed by atoms with Gasteiger partial charge >= 0.3 is 0 Å². The predicted molar refractivity (Wildman–Crippen MR) is 72.1 cm³/mol. The average molecular weight is 240 g/mol. The summed E-state index contributed by atoms with van der Waals surface area (Å²) < 4.78 is 1.73. The van der Waals surface area contributed by atoms with Gasteiger partial charge in [-0.1, -0.05) is 7.43 Å². The van der Waals surface area contributed by atoms with E-state index < -0.39 is 0 Å². The van der Waals surface area contributed by atoms with Crippen LogP contribution >= 0.6 is 0 Å². The van der Waals surface area contributed by atoms with Gasteiger partial charge in [-0.15, -0.1) is 0 Å². The van der Waals surface area contributed by atoms with Gasteiger partial charge in [-0.2, -0.15) is 0 Å². The Hall–Kier alpha value is -1.49. The maximum atomic E-state index is 11.7. The van der Waals surface area contributed by atoms with Crippen LogP contribution in [0, 0.1) is 0 Å². The summed E-state index contributed by atoms with van der Waals surface area (Å²) in [5.74, 6) is -0.0713. The van der Waals surface area contributed by atoms with Gasteiger partial charge in [0, 0.05) is 19.8 Å². The molecule has 0 unspecified atom stereocenters. The van der Waals surface area contributed by atoms with Crippen LogP contribution in [0.1, 0.15) is 24.3 Å². The third kappa shape index (κ3) is 4.91. The van der Waals surface area contributed by atoms with Gasteiger partial charge in [0.05, 0.1) is 5.69 Å². The lowest BCUT2D eigenvalue weighted by Crippen LogP contribution is -2.28. The molecule has 0 radical (unpaired) electrons. The van der Waals surface area contributed by atoms with Crippen LogP contribution in [0.4, 0.5) is 5.69 Å². The van der Waals surface area contributed by atoms with Crippen LogP contribution in [0.2, 0.25) is 0 Å². The second-order valence-electron chi connectivity index (χ2n) is 4.18. The number of nitrogen functional groups attached to an aromatic ring is 1. The monoisotopic (exact) mass is 240 g/mol. The van der Waals surface area contributed by atoms with Crippen molar-refractivity contribution in [3.63, 3.8) is 0 Å². The molecule has 5 heteroatoms. The zero-order chi connectivity index (χ0) is 12.1. The molecular formula is C12H24N4O. The maximum absolute atomic E-state index is 11.7. The van der Waals surface area contributed by atoms with Crippen molar-refractivity contribution in [2.75, 3.05) is 32.9 Å². The molecule has 1 aromatic rings. The van der Waals surface area contributed by atoms with Gasteiger partial charge in [-0.25, -0.2) is 0 Å². The molecule has 0 aliphatic rings. The number of nitrogens with one attached hydrogen (secondary N) is 1. The number of carbonyl (C=O) groups is 1. The Morgan fingerprint density at radius 3 is 2.65 bits per heavy atom. The minimum absolute atomic E-state index is 0. The van der Waals surface area contributed by atoms with E-state index in [1.807, 2.05) is 21.1 Å². The molecule has 0 bridgehead atoms. The molecule has 1 aromatic heterocycles. The minimum atomic E-state index is -0.0713. The molecule has 3 N–H and O–H groups in total. The van der Waals surface area contributed by atoms with Crippen molar-refractivity contribution in [2.24, 2.45) is 7.05 Å². The lowest BCUT2D eigenvalue weighted by atomic mass is 10.3. The van der Waals surface area contributed by atoms with Crippen molar-refractivity contribution in [3.05, 3.63) is 18.0 Å². The fourth-order valence-corrected chi connectivity index (χ4v) is 1.50. The summed E-state index contributed by atoms with van der Waals surface area (Å²) >= 11 is 0. The number of amides is 1. The van der Waals surface area contributed by atoms with Crippen LogP contribution in [-0.4, -0.2) is 42.6 Å². The smallest absolute Gasteiger partial charge is 0.267 e. The summed E-state index contributed by atoms with van der Waals surface area (Å²) in [7, 11) is 5.84. The number of hydrogen-bond donors (Lipinski definition) is 2. The highest BCUT2D eigenvalue weighted by molar-refractivity contribution is 5.93. The lowest BCUT2D eigenvalue weighted by Gasteiger charge is -2.10. The van der Waals surface area contributed by atoms with Crippen LogP contribution in [-0.2, 0) is 7.05 Å². The van der Waals surface area contributed by atoms with Gasteiger partial charge in [0.2, 0.25) is 0 Å². The van der Waals surface area contributed by atoms with Gasteiger partial charge in [-0.3, -0.25) is 4.79 Å². The van der Waals surface area contributed by atoms with Gasteiger partial charge in [0.15, 0.2) is 0 Å². The number of nitrogens with two attached hydrogens (primary N) is 1.